The van der Waals surface area contributed by atoms with E-state index in [-0.39, 0.29) is 5.69 Å². The van der Waals surface area contributed by atoms with Gasteiger partial charge >= 0.3 is 0 Å². The molecule has 1 heterocycles. The molecule has 0 fully saturated rings. The lowest BCUT2D eigenvalue weighted by Gasteiger charge is -2.10. The number of rotatable bonds is 6. The Kier molecular flexibility index (Phi) is 6.10. The molecule has 0 bridgehead atoms. The molecule has 0 spiro atoms. The van der Waals surface area contributed by atoms with Crippen molar-refractivity contribution in [2.24, 2.45) is 4.99 Å². The summed E-state index contributed by atoms with van der Waals surface area (Å²) in [6, 6.07) is 10.7. The zero-order valence-corrected chi connectivity index (χ0v) is 14.0. The number of aryl methyl sites for hydroxylation is 1. The van der Waals surface area contributed by atoms with E-state index >= 15 is 0 Å². The molecule has 0 radical (unpaired) electrons. The Bertz CT molecular complexity index is 680. The zero-order chi connectivity index (χ0) is 16.7. The molecule has 2 aromatic rings. The van der Waals surface area contributed by atoms with Crippen LogP contribution in [0.5, 0.6) is 0 Å². The average Bonchev–Trinajstić information content (AvgIpc) is 2.96. The van der Waals surface area contributed by atoms with Crippen molar-refractivity contribution in [3.63, 3.8) is 0 Å². The van der Waals surface area contributed by atoms with Gasteiger partial charge in [0.05, 0.1) is 18.0 Å². The van der Waals surface area contributed by atoms with E-state index in [1.165, 1.54) is 21.9 Å². The average molecular weight is 332 g/mol. The van der Waals surface area contributed by atoms with Crippen LogP contribution in [0.25, 0.3) is 0 Å². The second-order valence-electron chi connectivity index (χ2n) is 4.98. The maximum atomic E-state index is 10.6. The van der Waals surface area contributed by atoms with E-state index in [0.29, 0.717) is 6.54 Å². The van der Waals surface area contributed by atoms with Crippen LogP contribution in [0.3, 0.4) is 0 Å². The van der Waals surface area contributed by atoms with E-state index in [1.54, 1.807) is 23.5 Å². The number of nitrogens with one attached hydrogen (secondary N) is 2. The Labute approximate surface area is 139 Å². The summed E-state index contributed by atoms with van der Waals surface area (Å²) in [5.41, 5.74) is 1.02. The highest BCUT2D eigenvalue weighted by atomic mass is 32.1. The van der Waals surface area contributed by atoms with Crippen LogP contribution in [0, 0.1) is 17.0 Å². The molecule has 0 unspecified atom stereocenters. The van der Waals surface area contributed by atoms with Crippen molar-refractivity contribution >= 4 is 23.0 Å². The van der Waals surface area contributed by atoms with Gasteiger partial charge in [0.1, 0.15) is 0 Å². The maximum absolute atomic E-state index is 10.6. The van der Waals surface area contributed by atoms with Crippen LogP contribution in [0.2, 0.25) is 0 Å². The van der Waals surface area contributed by atoms with Crippen LogP contribution in [-0.4, -0.2) is 17.4 Å². The molecule has 1 aromatic carbocycles. The Morgan fingerprint density at radius 2 is 1.96 bits per heavy atom. The van der Waals surface area contributed by atoms with Gasteiger partial charge < -0.3 is 10.6 Å². The molecule has 0 aliphatic rings. The van der Waals surface area contributed by atoms with Crippen LogP contribution in [0.1, 0.15) is 22.2 Å². The summed E-state index contributed by atoms with van der Waals surface area (Å²) in [6.45, 7) is 6.07. The van der Waals surface area contributed by atoms with E-state index in [2.05, 4.69) is 34.7 Å². The zero-order valence-electron chi connectivity index (χ0n) is 13.2. The second kappa shape index (κ2) is 8.28. The van der Waals surface area contributed by atoms with E-state index in [4.69, 9.17) is 0 Å². The molecule has 0 aliphatic heterocycles. The first-order chi connectivity index (χ1) is 11.1. The fourth-order valence-corrected chi connectivity index (χ4v) is 2.82. The number of nitro benzene ring substituents is 1. The molecule has 6 nitrogen and oxygen atoms in total. The molecule has 0 atom stereocenters. The van der Waals surface area contributed by atoms with Gasteiger partial charge in [0.25, 0.3) is 5.69 Å². The lowest BCUT2D eigenvalue weighted by molar-refractivity contribution is -0.384. The van der Waals surface area contributed by atoms with Crippen molar-refractivity contribution in [3.05, 3.63) is 61.8 Å². The summed E-state index contributed by atoms with van der Waals surface area (Å²) < 4.78 is 0. The van der Waals surface area contributed by atoms with Crippen molar-refractivity contribution in [2.45, 2.75) is 26.9 Å². The van der Waals surface area contributed by atoms with E-state index in [9.17, 15) is 10.1 Å². The molecule has 1 aromatic heterocycles. The van der Waals surface area contributed by atoms with Crippen LogP contribution in [0.4, 0.5) is 5.69 Å². The molecule has 0 aliphatic carbocycles. The van der Waals surface area contributed by atoms with Gasteiger partial charge in [0.2, 0.25) is 0 Å². The maximum Gasteiger partial charge on any atom is 0.269 e. The Morgan fingerprint density at radius 1 is 1.22 bits per heavy atom. The van der Waals surface area contributed by atoms with Crippen molar-refractivity contribution in [3.8, 4) is 0 Å². The summed E-state index contributed by atoms with van der Waals surface area (Å²) in [5, 5.41) is 17.1. The van der Waals surface area contributed by atoms with Gasteiger partial charge in [-0.15, -0.1) is 11.3 Å². The van der Waals surface area contributed by atoms with Crippen molar-refractivity contribution < 1.29 is 4.92 Å². The molecular weight excluding hydrogens is 312 g/mol. The first-order valence-corrected chi connectivity index (χ1v) is 8.21. The fourth-order valence-electron chi connectivity index (χ4n) is 1.99. The molecule has 2 rings (SSSR count). The first-order valence-electron chi connectivity index (χ1n) is 7.39. The fraction of sp³-hybridized carbons (Fsp3) is 0.312. The third-order valence-electron chi connectivity index (χ3n) is 3.14. The molecule has 23 heavy (non-hydrogen) atoms. The van der Waals surface area contributed by atoms with Gasteiger partial charge in [0.15, 0.2) is 5.96 Å². The largest absolute Gasteiger partial charge is 0.357 e. The summed E-state index contributed by atoms with van der Waals surface area (Å²) in [7, 11) is 0. The number of guanidine groups is 1. The van der Waals surface area contributed by atoms with Crippen LogP contribution >= 0.6 is 11.3 Å². The number of nitrogens with zero attached hydrogens (tertiary/aromatic N) is 2. The highest BCUT2D eigenvalue weighted by Crippen LogP contribution is 2.14. The number of thiophene rings is 1. The molecule has 0 saturated carbocycles. The second-order valence-corrected chi connectivity index (χ2v) is 6.36. The number of benzene rings is 1. The van der Waals surface area contributed by atoms with Crippen LogP contribution in [-0.2, 0) is 13.1 Å². The monoisotopic (exact) mass is 332 g/mol. The molecular formula is C16H20N4O2S. The number of hydrogen-bond acceptors (Lipinski definition) is 4. The standard InChI is InChI=1S/C16H20N4O2S/c1-3-17-16(19-11-15-9-4-12(2)23-15)18-10-13-5-7-14(8-6-13)20(21)22/h4-9H,3,10-11H2,1-2H3,(H2,17,18,19). The first kappa shape index (κ1) is 17.0. The molecule has 7 heteroatoms. The van der Waals surface area contributed by atoms with Crippen molar-refractivity contribution in [1.29, 1.82) is 0 Å². The van der Waals surface area contributed by atoms with E-state index in [1.807, 2.05) is 6.92 Å². The van der Waals surface area contributed by atoms with E-state index in [0.717, 1.165) is 24.6 Å². The Morgan fingerprint density at radius 3 is 2.52 bits per heavy atom. The minimum absolute atomic E-state index is 0.0934. The van der Waals surface area contributed by atoms with Gasteiger partial charge in [-0.25, -0.2) is 4.99 Å². The smallest absolute Gasteiger partial charge is 0.269 e. The third kappa shape index (κ3) is 5.37. The lowest BCUT2D eigenvalue weighted by Crippen LogP contribution is -2.36. The van der Waals surface area contributed by atoms with Gasteiger partial charge in [-0.3, -0.25) is 10.1 Å². The highest BCUT2D eigenvalue weighted by Gasteiger charge is 2.04. The third-order valence-corrected chi connectivity index (χ3v) is 4.14. The number of aliphatic imine (C=N–C) groups is 1. The number of nitro groups is 1. The normalized spacial score (nSPS) is 11.3. The van der Waals surface area contributed by atoms with E-state index < -0.39 is 4.92 Å². The van der Waals surface area contributed by atoms with Crippen LogP contribution < -0.4 is 10.6 Å². The predicted octanol–water partition coefficient (Wildman–Crippen LogP) is 3.22. The van der Waals surface area contributed by atoms with Crippen molar-refractivity contribution in [2.75, 3.05) is 6.54 Å². The summed E-state index contributed by atoms with van der Waals surface area (Å²) >= 11 is 1.76. The number of non-ortho nitro benzene ring substituents is 1. The van der Waals surface area contributed by atoms with Gasteiger partial charge in [-0.1, -0.05) is 12.1 Å². The summed E-state index contributed by atoms with van der Waals surface area (Å²) in [5.74, 6) is 0.733. The predicted molar refractivity (Wildman–Crippen MR) is 93.8 cm³/mol. The SMILES string of the molecule is CCNC(=NCc1ccc([N+](=O)[O-])cc1)NCc1ccc(C)s1. The summed E-state index contributed by atoms with van der Waals surface area (Å²) in [4.78, 5) is 17.3. The highest BCUT2D eigenvalue weighted by molar-refractivity contribution is 7.11. The Balaban J connectivity index is 1.95. The molecule has 0 amide bonds. The molecule has 0 saturated heterocycles. The van der Waals surface area contributed by atoms with Crippen molar-refractivity contribution in [1.82, 2.24) is 10.6 Å². The quantitative estimate of drug-likeness (QED) is 0.368. The molecule has 2 N–H and O–H groups in total. The van der Waals surface area contributed by atoms with Gasteiger partial charge in [0, 0.05) is 28.4 Å². The summed E-state index contributed by atoms with van der Waals surface area (Å²) in [6.07, 6.45) is 0. The number of hydrogen-bond donors (Lipinski definition) is 2. The Hall–Kier alpha value is -2.41. The lowest BCUT2D eigenvalue weighted by atomic mass is 10.2. The topological polar surface area (TPSA) is 79.6 Å². The van der Waals surface area contributed by atoms with Gasteiger partial charge in [-0.2, -0.15) is 0 Å². The minimum Gasteiger partial charge on any atom is -0.357 e. The van der Waals surface area contributed by atoms with Gasteiger partial charge in [-0.05, 0) is 31.5 Å². The molecule has 122 valence electrons. The van der Waals surface area contributed by atoms with Crippen LogP contribution in [0.15, 0.2) is 41.4 Å². The minimum atomic E-state index is -0.401.